The summed E-state index contributed by atoms with van der Waals surface area (Å²) in [6, 6.07) is 5.25. The first-order chi connectivity index (χ1) is 11.8. The van der Waals surface area contributed by atoms with Crippen LogP contribution in [0, 0.1) is 6.92 Å². The molecule has 2 aliphatic rings. The maximum absolute atomic E-state index is 12.4. The highest BCUT2D eigenvalue weighted by Gasteiger charge is 2.34. The van der Waals surface area contributed by atoms with Gasteiger partial charge in [0, 0.05) is 12.3 Å². The Hall–Kier alpha value is -1.76. The van der Waals surface area contributed by atoms with E-state index in [2.05, 4.69) is 10.6 Å². The normalized spacial score (nSPS) is 26.2. The molecule has 1 aromatic rings. The largest absolute Gasteiger partial charge is 0.491 e. The van der Waals surface area contributed by atoms with Crippen LogP contribution in [0.15, 0.2) is 18.2 Å². The second-order valence-electron chi connectivity index (χ2n) is 7.15. The number of nitrogens with one attached hydrogen (secondary N) is 2. The lowest BCUT2D eigenvalue weighted by atomic mass is 9.95. The molecule has 138 valence electrons. The monoisotopic (exact) mass is 366 g/mol. The molecule has 2 N–H and O–H groups in total. The molecular formula is C18H26N2O4S. The van der Waals surface area contributed by atoms with Gasteiger partial charge in [0.1, 0.15) is 12.4 Å². The Kier molecular flexibility index (Phi) is 5.22. The molecule has 1 aliphatic heterocycles. The summed E-state index contributed by atoms with van der Waals surface area (Å²) >= 11 is 0. The number of carbonyl (C=O) groups excluding carboxylic acids is 1. The number of urea groups is 1. The molecule has 0 saturated heterocycles. The molecule has 6 nitrogen and oxygen atoms in total. The van der Waals surface area contributed by atoms with E-state index < -0.39 is 15.1 Å². The Morgan fingerprint density at radius 2 is 1.96 bits per heavy atom. The molecule has 7 heteroatoms. The molecule has 25 heavy (non-hydrogen) atoms. The Balaban J connectivity index is 1.59. The van der Waals surface area contributed by atoms with Crippen LogP contribution in [0.2, 0.25) is 0 Å². The van der Waals surface area contributed by atoms with E-state index in [9.17, 15) is 13.2 Å². The predicted octanol–water partition coefficient (Wildman–Crippen LogP) is 1.95. The molecule has 1 unspecified atom stereocenters. The molecule has 2 amide bonds. The molecule has 1 saturated carbocycles. The van der Waals surface area contributed by atoms with Crippen molar-refractivity contribution in [2.75, 3.05) is 12.9 Å². The summed E-state index contributed by atoms with van der Waals surface area (Å²) in [5.74, 6) is 0.908. The highest BCUT2D eigenvalue weighted by Crippen LogP contribution is 2.28. The van der Waals surface area contributed by atoms with Crippen LogP contribution >= 0.6 is 0 Å². The summed E-state index contributed by atoms with van der Waals surface area (Å²) in [5, 5.41) is 5.31. The Labute approximate surface area is 149 Å². The summed E-state index contributed by atoms with van der Waals surface area (Å²) < 4.78 is 29.7. The summed E-state index contributed by atoms with van der Waals surface area (Å²) in [5.41, 5.74) is 2.18. The quantitative estimate of drug-likeness (QED) is 0.856. The van der Waals surface area contributed by atoms with E-state index in [0.717, 1.165) is 29.7 Å². The van der Waals surface area contributed by atoms with Gasteiger partial charge < -0.3 is 15.4 Å². The second-order valence-corrected chi connectivity index (χ2v) is 9.42. The first kappa shape index (κ1) is 18.0. The lowest BCUT2D eigenvalue weighted by Crippen LogP contribution is -2.54. The van der Waals surface area contributed by atoms with Gasteiger partial charge in [-0.15, -0.1) is 0 Å². The number of benzene rings is 1. The van der Waals surface area contributed by atoms with Gasteiger partial charge in [-0.1, -0.05) is 31.0 Å². The van der Waals surface area contributed by atoms with Crippen molar-refractivity contribution in [3.63, 3.8) is 0 Å². The highest BCUT2D eigenvalue weighted by molar-refractivity contribution is 7.91. The number of carbonyl (C=O) groups is 1. The summed E-state index contributed by atoms with van der Waals surface area (Å²) in [7, 11) is -3.17. The van der Waals surface area contributed by atoms with Crippen LogP contribution in [-0.4, -0.2) is 44.6 Å². The minimum Gasteiger partial charge on any atom is -0.491 e. The molecule has 0 spiro atoms. The topological polar surface area (TPSA) is 84.5 Å². The van der Waals surface area contributed by atoms with Gasteiger partial charge in [-0.2, -0.15) is 0 Å². The Morgan fingerprint density at radius 3 is 2.72 bits per heavy atom. The standard InChI is InChI=1S/C18H26N2O4S/c1-12-6-5-7-13-10-14(11-24-17(12)13)19-18(21)20-15-8-3-4-9-16(15)25(2,22)23/h5-7,14-16H,3-4,8-11H2,1-2H3,(H2,19,20,21)/t14?,15-,16-/m1/s1. The number of sulfone groups is 1. The minimum absolute atomic E-state index is 0.116. The average Bonchev–Trinajstić information content (AvgIpc) is 2.54. The summed E-state index contributed by atoms with van der Waals surface area (Å²) in [6.45, 7) is 2.43. The predicted molar refractivity (Wildman–Crippen MR) is 96.7 cm³/mol. The van der Waals surface area contributed by atoms with E-state index in [4.69, 9.17) is 4.74 Å². The van der Waals surface area contributed by atoms with Gasteiger partial charge in [0.2, 0.25) is 0 Å². The van der Waals surface area contributed by atoms with Gasteiger partial charge in [-0.3, -0.25) is 0 Å². The number of ether oxygens (including phenoxy) is 1. The molecule has 1 fully saturated rings. The number of amides is 2. The number of aryl methyl sites for hydroxylation is 1. The number of para-hydroxylation sites is 1. The summed E-state index contributed by atoms with van der Waals surface area (Å²) in [6.07, 6.45) is 5.12. The Bertz CT molecular complexity index is 747. The van der Waals surface area contributed by atoms with Gasteiger partial charge >= 0.3 is 6.03 Å². The number of fused-ring (bicyclic) bond motifs is 1. The van der Waals surface area contributed by atoms with Crippen molar-refractivity contribution in [2.45, 2.75) is 56.4 Å². The van der Waals surface area contributed by atoms with Crippen molar-refractivity contribution in [1.82, 2.24) is 10.6 Å². The smallest absolute Gasteiger partial charge is 0.315 e. The molecule has 0 radical (unpaired) electrons. The van der Waals surface area contributed by atoms with Gasteiger partial charge in [-0.05, 0) is 37.3 Å². The second kappa shape index (κ2) is 7.23. The fourth-order valence-corrected chi connectivity index (χ4v) is 5.25. The fraction of sp³-hybridized carbons (Fsp3) is 0.611. The summed E-state index contributed by atoms with van der Waals surface area (Å²) in [4.78, 5) is 12.4. The number of rotatable bonds is 3. The van der Waals surface area contributed by atoms with Crippen molar-refractivity contribution >= 4 is 15.9 Å². The van der Waals surface area contributed by atoms with E-state index in [1.165, 1.54) is 6.26 Å². The molecular weight excluding hydrogens is 340 g/mol. The van der Waals surface area contributed by atoms with Crippen LogP contribution in [0.5, 0.6) is 5.75 Å². The van der Waals surface area contributed by atoms with E-state index in [-0.39, 0.29) is 18.1 Å². The molecule has 1 aromatic carbocycles. The molecule has 3 atom stereocenters. The maximum atomic E-state index is 12.4. The Morgan fingerprint density at radius 1 is 1.20 bits per heavy atom. The van der Waals surface area contributed by atoms with Crippen LogP contribution in [0.3, 0.4) is 0 Å². The van der Waals surface area contributed by atoms with E-state index in [0.29, 0.717) is 25.9 Å². The number of hydrogen-bond acceptors (Lipinski definition) is 4. The van der Waals surface area contributed by atoms with Crippen LogP contribution in [-0.2, 0) is 16.3 Å². The molecule has 3 rings (SSSR count). The van der Waals surface area contributed by atoms with Crippen LogP contribution in [0.1, 0.15) is 36.8 Å². The van der Waals surface area contributed by atoms with Crippen molar-refractivity contribution in [2.24, 2.45) is 0 Å². The lowest BCUT2D eigenvalue weighted by Gasteiger charge is -2.32. The minimum atomic E-state index is -3.17. The van der Waals surface area contributed by atoms with Gasteiger partial charge in [0.15, 0.2) is 9.84 Å². The van der Waals surface area contributed by atoms with Gasteiger partial charge in [-0.25, -0.2) is 13.2 Å². The fourth-order valence-electron chi connectivity index (χ4n) is 3.85. The van der Waals surface area contributed by atoms with Crippen molar-refractivity contribution in [1.29, 1.82) is 0 Å². The van der Waals surface area contributed by atoms with Crippen LogP contribution in [0.4, 0.5) is 4.79 Å². The molecule has 0 bridgehead atoms. The third-order valence-electron chi connectivity index (χ3n) is 5.09. The molecule has 1 heterocycles. The van der Waals surface area contributed by atoms with Crippen LogP contribution < -0.4 is 15.4 Å². The van der Waals surface area contributed by atoms with Crippen molar-refractivity contribution in [3.8, 4) is 5.75 Å². The average molecular weight is 366 g/mol. The highest BCUT2D eigenvalue weighted by atomic mass is 32.2. The SMILES string of the molecule is Cc1cccc2c1OCC(NC(=O)N[C@@H]1CCCC[C@H]1S(C)(=O)=O)C2. The third kappa shape index (κ3) is 4.26. The van der Waals surface area contributed by atoms with Gasteiger partial charge in [0.05, 0.1) is 11.3 Å². The van der Waals surface area contributed by atoms with E-state index in [1.807, 2.05) is 25.1 Å². The maximum Gasteiger partial charge on any atom is 0.315 e. The molecule has 0 aromatic heterocycles. The van der Waals surface area contributed by atoms with Crippen molar-refractivity contribution in [3.05, 3.63) is 29.3 Å². The van der Waals surface area contributed by atoms with Gasteiger partial charge in [0.25, 0.3) is 0 Å². The third-order valence-corrected chi connectivity index (χ3v) is 6.76. The number of hydrogen-bond donors (Lipinski definition) is 2. The zero-order valence-corrected chi connectivity index (χ0v) is 15.6. The lowest BCUT2D eigenvalue weighted by molar-refractivity contribution is 0.209. The van der Waals surface area contributed by atoms with Crippen LogP contribution in [0.25, 0.3) is 0 Å². The zero-order chi connectivity index (χ0) is 18.0. The van der Waals surface area contributed by atoms with E-state index >= 15 is 0 Å². The zero-order valence-electron chi connectivity index (χ0n) is 14.7. The van der Waals surface area contributed by atoms with E-state index in [1.54, 1.807) is 0 Å². The first-order valence-electron chi connectivity index (χ1n) is 8.82. The first-order valence-corrected chi connectivity index (χ1v) is 10.8. The van der Waals surface area contributed by atoms with Crippen molar-refractivity contribution < 1.29 is 17.9 Å². The molecule has 1 aliphatic carbocycles.